The molecule has 0 bridgehead atoms. The minimum absolute atomic E-state index is 0.0278. The van der Waals surface area contributed by atoms with Crippen molar-refractivity contribution in [3.8, 4) is 0 Å². The summed E-state index contributed by atoms with van der Waals surface area (Å²) in [6.07, 6.45) is 2.66. The van der Waals surface area contributed by atoms with Crippen molar-refractivity contribution in [2.45, 2.75) is 38.0 Å². The second-order valence-electron chi connectivity index (χ2n) is 6.12. The summed E-state index contributed by atoms with van der Waals surface area (Å²) in [5, 5.41) is 3.68. The Morgan fingerprint density at radius 2 is 1.91 bits per heavy atom. The summed E-state index contributed by atoms with van der Waals surface area (Å²) in [6, 6.07) is 9.98. The van der Waals surface area contributed by atoms with E-state index in [0.717, 1.165) is 24.8 Å². The molecule has 1 N–H and O–H groups in total. The first-order valence-corrected chi connectivity index (χ1v) is 8.95. The van der Waals surface area contributed by atoms with Crippen LogP contribution < -0.4 is 5.32 Å². The largest absolute Gasteiger partial charge is 0.349 e. The quantitative estimate of drug-likeness (QED) is 0.813. The van der Waals surface area contributed by atoms with Crippen LogP contribution in [0, 0.1) is 5.41 Å². The summed E-state index contributed by atoms with van der Waals surface area (Å²) in [5.74, 6) is -0.775. The molecule has 2 aliphatic rings. The van der Waals surface area contributed by atoms with Gasteiger partial charge in [-0.1, -0.05) is 52.7 Å². The zero-order valence-electron chi connectivity index (χ0n) is 12.8. The maximum atomic E-state index is 13.0. The maximum absolute atomic E-state index is 13.0. The number of alkyl halides is 1. The predicted molar refractivity (Wildman–Crippen MR) is 87.7 cm³/mol. The monoisotopic (exact) mass is 367 g/mol. The van der Waals surface area contributed by atoms with Crippen LogP contribution in [0.15, 0.2) is 30.3 Å². The van der Waals surface area contributed by atoms with Gasteiger partial charge in [0, 0.05) is 0 Å². The molecule has 1 aliphatic carbocycles. The molecule has 1 amide bonds. The Balaban J connectivity index is 1.77. The van der Waals surface area contributed by atoms with E-state index in [9.17, 15) is 4.79 Å². The molecule has 22 heavy (non-hydrogen) atoms. The molecule has 1 saturated heterocycles. The Labute approximate surface area is 139 Å². The lowest BCUT2D eigenvalue weighted by Crippen LogP contribution is -2.62. The highest BCUT2D eigenvalue weighted by Crippen LogP contribution is 2.54. The zero-order chi connectivity index (χ0) is 15.6. The molecule has 5 heteroatoms. The number of carbonyl (C=O) groups excluding carboxylic acids is 1. The van der Waals surface area contributed by atoms with Crippen LogP contribution in [0.25, 0.3) is 0 Å². The average Bonchev–Trinajstić information content (AvgIpc) is 2.97. The third-order valence-corrected chi connectivity index (χ3v) is 5.69. The molecule has 1 aromatic carbocycles. The van der Waals surface area contributed by atoms with Gasteiger partial charge < -0.3 is 14.8 Å². The lowest BCUT2D eigenvalue weighted by molar-refractivity contribution is -0.239. The molecule has 3 rings (SSSR count). The van der Waals surface area contributed by atoms with Crippen molar-refractivity contribution in [3.63, 3.8) is 0 Å². The highest BCUT2D eigenvalue weighted by Gasteiger charge is 2.63. The summed E-state index contributed by atoms with van der Waals surface area (Å²) in [4.78, 5) is 13.0. The Kier molecular flexibility index (Phi) is 4.57. The van der Waals surface area contributed by atoms with E-state index in [0.29, 0.717) is 18.5 Å². The normalized spacial score (nSPS) is 23.5. The van der Waals surface area contributed by atoms with Gasteiger partial charge >= 0.3 is 0 Å². The summed E-state index contributed by atoms with van der Waals surface area (Å²) in [6.45, 7) is 3.11. The van der Waals surface area contributed by atoms with E-state index in [1.165, 1.54) is 0 Å². The number of nitrogens with one attached hydrogen (secondary N) is 1. The van der Waals surface area contributed by atoms with E-state index >= 15 is 0 Å². The minimum atomic E-state index is -0.814. The maximum Gasteiger partial charge on any atom is 0.232 e. The third kappa shape index (κ3) is 2.49. The van der Waals surface area contributed by atoms with Gasteiger partial charge in [0.25, 0.3) is 0 Å². The van der Waals surface area contributed by atoms with Crippen LogP contribution in [0.1, 0.15) is 37.8 Å². The van der Waals surface area contributed by atoms with Crippen molar-refractivity contribution in [3.05, 3.63) is 35.9 Å². The first-order chi connectivity index (χ1) is 10.6. The van der Waals surface area contributed by atoms with Gasteiger partial charge in [-0.25, -0.2) is 0 Å². The highest BCUT2D eigenvalue weighted by atomic mass is 79.9. The average molecular weight is 368 g/mol. The Morgan fingerprint density at radius 3 is 2.41 bits per heavy atom. The molecule has 1 heterocycles. The fourth-order valence-corrected chi connectivity index (χ4v) is 4.27. The Bertz CT molecular complexity index is 524. The molecule has 1 aromatic rings. The van der Waals surface area contributed by atoms with Crippen LogP contribution in [0.3, 0.4) is 0 Å². The second-order valence-corrected chi connectivity index (χ2v) is 6.69. The fraction of sp³-hybridized carbons (Fsp3) is 0.588. The molecular weight excluding hydrogens is 346 g/mol. The molecule has 2 fully saturated rings. The Morgan fingerprint density at radius 1 is 1.27 bits per heavy atom. The second kappa shape index (κ2) is 6.30. The van der Waals surface area contributed by atoms with E-state index < -0.39 is 11.2 Å². The summed E-state index contributed by atoms with van der Waals surface area (Å²) >= 11 is 3.49. The van der Waals surface area contributed by atoms with Gasteiger partial charge in [0.05, 0.1) is 24.6 Å². The van der Waals surface area contributed by atoms with Gasteiger partial charge in [0.15, 0.2) is 5.79 Å². The Hall–Kier alpha value is -0.910. The third-order valence-electron chi connectivity index (χ3n) is 4.95. The van der Waals surface area contributed by atoms with Gasteiger partial charge in [-0.3, -0.25) is 4.79 Å². The molecule has 1 atom stereocenters. The molecule has 120 valence electrons. The number of rotatable bonds is 5. The zero-order valence-corrected chi connectivity index (χ0v) is 14.4. The van der Waals surface area contributed by atoms with Gasteiger partial charge in [-0.2, -0.15) is 0 Å². The lowest BCUT2D eigenvalue weighted by Gasteiger charge is -2.50. The van der Waals surface area contributed by atoms with Gasteiger partial charge in [0.2, 0.25) is 5.91 Å². The van der Waals surface area contributed by atoms with Gasteiger partial charge in [-0.05, 0) is 25.3 Å². The molecular formula is C17H22BrNO3. The first-order valence-electron chi connectivity index (χ1n) is 7.83. The topological polar surface area (TPSA) is 47.6 Å². The van der Waals surface area contributed by atoms with E-state index in [1.54, 1.807) is 0 Å². The molecule has 0 radical (unpaired) electrons. The van der Waals surface area contributed by atoms with E-state index in [2.05, 4.69) is 21.2 Å². The standard InChI is InChI=1S/C17H22BrNO3/c1-13(14-6-3-2-4-7-14)19-15(20)16(8-5-9-16)17(12-18)21-10-11-22-17/h2-4,6-7,13H,5,8-12H2,1H3,(H,19,20)/t13-/m0/s1. The predicted octanol–water partition coefficient (Wildman–Crippen LogP) is 3.17. The summed E-state index contributed by atoms with van der Waals surface area (Å²) in [7, 11) is 0. The van der Waals surface area contributed by atoms with Crippen LogP contribution >= 0.6 is 15.9 Å². The van der Waals surface area contributed by atoms with Gasteiger partial charge in [0.1, 0.15) is 5.41 Å². The molecule has 1 aliphatic heterocycles. The van der Waals surface area contributed by atoms with E-state index in [-0.39, 0.29) is 11.9 Å². The first kappa shape index (κ1) is 16.0. The number of benzene rings is 1. The van der Waals surface area contributed by atoms with E-state index in [1.807, 2.05) is 37.3 Å². The number of carbonyl (C=O) groups is 1. The molecule has 0 unspecified atom stereocenters. The van der Waals surface area contributed by atoms with Crippen LogP contribution in [0.5, 0.6) is 0 Å². The minimum Gasteiger partial charge on any atom is -0.349 e. The van der Waals surface area contributed by atoms with Gasteiger partial charge in [-0.15, -0.1) is 0 Å². The van der Waals surface area contributed by atoms with Crippen molar-refractivity contribution < 1.29 is 14.3 Å². The van der Waals surface area contributed by atoms with Crippen LogP contribution in [-0.4, -0.2) is 30.2 Å². The van der Waals surface area contributed by atoms with Crippen LogP contribution in [0.2, 0.25) is 0 Å². The number of ether oxygens (including phenoxy) is 2. The molecule has 4 nitrogen and oxygen atoms in total. The fourth-order valence-electron chi connectivity index (χ4n) is 3.41. The van der Waals surface area contributed by atoms with Crippen molar-refractivity contribution >= 4 is 21.8 Å². The van der Waals surface area contributed by atoms with Crippen molar-refractivity contribution in [2.75, 3.05) is 18.5 Å². The van der Waals surface area contributed by atoms with E-state index in [4.69, 9.17) is 9.47 Å². The van der Waals surface area contributed by atoms with Crippen LogP contribution in [-0.2, 0) is 14.3 Å². The van der Waals surface area contributed by atoms with Crippen molar-refractivity contribution in [2.24, 2.45) is 5.41 Å². The number of hydrogen-bond acceptors (Lipinski definition) is 3. The summed E-state index contributed by atoms with van der Waals surface area (Å²) in [5.41, 5.74) is 0.530. The number of amides is 1. The lowest BCUT2D eigenvalue weighted by atomic mass is 9.62. The number of hydrogen-bond donors (Lipinski definition) is 1. The molecule has 0 aromatic heterocycles. The smallest absolute Gasteiger partial charge is 0.232 e. The summed E-state index contributed by atoms with van der Waals surface area (Å²) < 4.78 is 11.8. The van der Waals surface area contributed by atoms with Crippen LogP contribution in [0.4, 0.5) is 0 Å². The highest BCUT2D eigenvalue weighted by molar-refractivity contribution is 9.09. The molecule has 1 saturated carbocycles. The number of halogens is 1. The van der Waals surface area contributed by atoms with Crippen molar-refractivity contribution in [1.29, 1.82) is 0 Å². The van der Waals surface area contributed by atoms with Crippen molar-refractivity contribution in [1.82, 2.24) is 5.32 Å². The SMILES string of the molecule is C[C@H](NC(=O)C1(C2(CBr)OCCO2)CCC1)c1ccccc1. The molecule has 0 spiro atoms.